The minimum Gasteiger partial charge on any atom is -0.392 e. The molecule has 0 aliphatic rings. The molecule has 84 valence electrons. The van der Waals surface area contributed by atoms with E-state index in [0.29, 0.717) is 0 Å². The Hall–Kier alpha value is 0.600. The summed E-state index contributed by atoms with van der Waals surface area (Å²) in [5.41, 5.74) is 0. The molecular formula is C2H4Br2O8P2. The first-order valence-electron chi connectivity index (χ1n) is 2.57. The van der Waals surface area contributed by atoms with E-state index < -0.39 is 25.0 Å². The van der Waals surface area contributed by atoms with E-state index in [4.69, 9.17) is 19.6 Å². The number of hydrogen-bond acceptors (Lipinski definition) is 4. The molecule has 0 spiro atoms. The summed E-state index contributed by atoms with van der Waals surface area (Å²) >= 11 is 4.96. The fraction of sp³-hybridized carbons (Fsp3) is 0. The zero-order chi connectivity index (χ0) is 11.6. The van der Waals surface area contributed by atoms with Crippen LogP contribution in [0, 0.1) is 0 Å². The van der Waals surface area contributed by atoms with Crippen molar-refractivity contribution >= 4 is 47.5 Å². The quantitative estimate of drug-likeness (QED) is 0.423. The SMILES string of the molecule is O=P(O)(O)O/C(Br)=C(\Br)OP(=O)(O)O. The van der Waals surface area contributed by atoms with Gasteiger partial charge in [0.15, 0.2) is 0 Å². The molecule has 0 fully saturated rings. The van der Waals surface area contributed by atoms with Crippen LogP contribution in [0.5, 0.6) is 0 Å². The van der Waals surface area contributed by atoms with Crippen molar-refractivity contribution in [1.82, 2.24) is 0 Å². The maximum absolute atomic E-state index is 10.2. The van der Waals surface area contributed by atoms with Crippen LogP contribution in [0.1, 0.15) is 0 Å². The van der Waals surface area contributed by atoms with Gasteiger partial charge in [0, 0.05) is 0 Å². The molecule has 0 bridgehead atoms. The molecule has 0 rings (SSSR count). The summed E-state index contributed by atoms with van der Waals surface area (Å²) in [4.78, 5) is 33.2. The van der Waals surface area contributed by atoms with Gasteiger partial charge in [-0.3, -0.25) is 19.6 Å². The number of phosphoric ester groups is 2. The highest BCUT2D eigenvalue weighted by Crippen LogP contribution is 2.46. The van der Waals surface area contributed by atoms with Crippen LogP contribution in [-0.4, -0.2) is 19.6 Å². The van der Waals surface area contributed by atoms with Crippen LogP contribution in [0.25, 0.3) is 0 Å². The Morgan fingerprint density at radius 1 is 0.857 bits per heavy atom. The van der Waals surface area contributed by atoms with Crippen LogP contribution < -0.4 is 0 Å². The zero-order valence-corrected chi connectivity index (χ0v) is 11.0. The molecule has 0 aromatic heterocycles. The molecule has 4 N–H and O–H groups in total. The Morgan fingerprint density at radius 2 is 1.07 bits per heavy atom. The minimum absolute atomic E-state index is 0.672. The lowest BCUT2D eigenvalue weighted by molar-refractivity contribution is 0.230. The smallest absolute Gasteiger partial charge is 0.392 e. The Morgan fingerprint density at radius 3 is 1.21 bits per heavy atom. The Kier molecular flexibility index (Phi) is 5.31. The summed E-state index contributed by atoms with van der Waals surface area (Å²) in [5.74, 6) is 0. The van der Waals surface area contributed by atoms with Crippen LogP contribution in [0.2, 0.25) is 0 Å². The Labute approximate surface area is 94.7 Å². The van der Waals surface area contributed by atoms with E-state index in [1.54, 1.807) is 0 Å². The third-order valence-electron chi connectivity index (χ3n) is 0.553. The lowest BCUT2D eigenvalue weighted by Gasteiger charge is -2.09. The van der Waals surface area contributed by atoms with Gasteiger partial charge in [0.25, 0.3) is 0 Å². The summed E-state index contributed by atoms with van der Waals surface area (Å²) in [6, 6.07) is 0. The van der Waals surface area contributed by atoms with E-state index >= 15 is 0 Å². The lowest BCUT2D eigenvalue weighted by atomic mass is 11.1. The van der Waals surface area contributed by atoms with Gasteiger partial charge in [0.2, 0.25) is 9.34 Å². The first kappa shape index (κ1) is 14.6. The average Bonchev–Trinajstić information content (AvgIpc) is 1.78. The predicted molar refractivity (Wildman–Crippen MR) is 51.1 cm³/mol. The van der Waals surface area contributed by atoms with Gasteiger partial charge in [-0.1, -0.05) is 0 Å². The Bertz CT molecular complexity index is 292. The first-order chi connectivity index (χ1) is 6.01. The molecule has 0 aromatic carbocycles. The minimum atomic E-state index is -4.81. The normalized spacial score (nSPS) is 14.7. The van der Waals surface area contributed by atoms with Crippen molar-refractivity contribution in [3.8, 4) is 0 Å². The van der Waals surface area contributed by atoms with E-state index in [0.717, 1.165) is 0 Å². The summed E-state index contributed by atoms with van der Waals surface area (Å²) < 4.78 is 26.9. The molecule has 0 heterocycles. The van der Waals surface area contributed by atoms with E-state index in [2.05, 4.69) is 40.9 Å². The molecule has 0 unspecified atom stereocenters. The van der Waals surface area contributed by atoms with Gasteiger partial charge < -0.3 is 9.05 Å². The number of halogens is 2. The van der Waals surface area contributed by atoms with Crippen LogP contribution >= 0.6 is 47.5 Å². The van der Waals surface area contributed by atoms with E-state index in [9.17, 15) is 9.13 Å². The first-order valence-corrected chi connectivity index (χ1v) is 7.21. The molecule has 0 amide bonds. The van der Waals surface area contributed by atoms with Gasteiger partial charge in [-0.25, -0.2) is 9.13 Å². The molecule has 0 radical (unpaired) electrons. The van der Waals surface area contributed by atoms with Gasteiger partial charge in [-0.05, 0) is 31.9 Å². The number of phosphoric acid groups is 2. The maximum atomic E-state index is 10.2. The van der Waals surface area contributed by atoms with Crippen molar-refractivity contribution in [3.05, 3.63) is 9.34 Å². The number of hydrogen-bond donors (Lipinski definition) is 4. The fourth-order valence-corrected chi connectivity index (χ4v) is 2.41. The highest BCUT2D eigenvalue weighted by atomic mass is 79.9. The molecule has 0 saturated heterocycles. The largest absolute Gasteiger partial charge is 0.525 e. The van der Waals surface area contributed by atoms with Crippen molar-refractivity contribution < 1.29 is 37.8 Å². The van der Waals surface area contributed by atoms with Gasteiger partial charge >= 0.3 is 15.6 Å². The Balaban J connectivity index is 4.62. The molecule has 0 atom stereocenters. The second-order valence-corrected chi connectivity index (χ2v) is 5.48. The summed E-state index contributed by atoms with van der Waals surface area (Å²) in [6.07, 6.45) is 0. The third-order valence-corrected chi connectivity index (χ3v) is 3.47. The molecule has 12 heteroatoms. The van der Waals surface area contributed by atoms with Crippen LogP contribution in [0.3, 0.4) is 0 Å². The highest BCUT2D eigenvalue weighted by Gasteiger charge is 2.23. The summed E-state index contributed by atoms with van der Waals surface area (Å²) in [7, 11) is -9.62. The highest BCUT2D eigenvalue weighted by molar-refractivity contribution is 9.14. The van der Waals surface area contributed by atoms with Crippen molar-refractivity contribution in [1.29, 1.82) is 0 Å². The van der Waals surface area contributed by atoms with Crippen LogP contribution in [0.4, 0.5) is 0 Å². The van der Waals surface area contributed by atoms with E-state index in [-0.39, 0.29) is 0 Å². The lowest BCUT2D eigenvalue weighted by Crippen LogP contribution is -1.90. The maximum Gasteiger partial charge on any atom is 0.525 e. The zero-order valence-electron chi connectivity index (χ0n) is 6.07. The monoisotopic (exact) mass is 376 g/mol. The van der Waals surface area contributed by atoms with Gasteiger partial charge in [0.1, 0.15) is 0 Å². The summed E-state index contributed by atoms with van der Waals surface area (Å²) in [6.45, 7) is 0. The molecule has 8 nitrogen and oxygen atoms in total. The van der Waals surface area contributed by atoms with Crippen LogP contribution in [-0.2, 0) is 18.2 Å². The van der Waals surface area contributed by atoms with E-state index in [1.165, 1.54) is 0 Å². The van der Waals surface area contributed by atoms with Gasteiger partial charge in [-0.15, -0.1) is 0 Å². The van der Waals surface area contributed by atoms with Crippen LogP contribution in [0.15, 0.2) is 9.34 Å². The molecule has 0 saturated carbocycles. The second-order valence-electron chi connectivity index (χ2n) is 1.71. The molecule has 0 aliphatic heterocycles. The second kappa shape index (κ2) is 5.09. The molecular weight excluding hydrogens is 374 g/mol. The van der Waals surface area contributed by atoms with Crippen molar-refractivity contribution in [2.75, 3.05) is 0 Å². The standard InChI is InChI=1S/C2H4Br2O8P2/c3-1(11-13(5,6)7)2(4)12-14(8,9)10/h(H2,5,6,7)(H2,8,9,10)/b2-1+. The predicted octanol–water partition coefficient (Wildman–Crippen LogP) is 1.12. The topological polar surface area (TPSA) is 134 Å². The number of rotatable bonds is 4. The third kappa shape index (κ3) is 7.95. The average molecular weight is 378 g/mol. The molecule has 0 aliphatic carbocycles. The van der Waals surface area contributed by atoms with E-state index in [1.807, 2.05) is 0 Å². The van der Waals surface area contributed by atoms with Gasteiger partial charge in [-0.2, -0.15) is 0 Å². The van der Waals surface area contributed by atoms with Crippen molar-refractivity contribution in [3.63, 3.8) is 0 Å². The molecule has 0 aromatic rings. The van der Waals surface area contributed by atoms with Gasteiger partial charge in [0.05, 0.1) is 0 Å². The molecule has 14 heavy (non-hydrogen) atoms. The summed E-state index contributed by atoms with van der Waals surface area (Å²) in [5, 5.41) is 0. The van der Waals surface area contributed by atoms with Crippen molar-refractivity contribution in [2.24, 2.45) is 0 Å². The van der Waals surface area contributed by atoms with Crippen molar-refractivity contribution in [2.45, 2.75) is 0 Å². The fourth-order valence-electron chi connectivity index (χ4n) is 0.281.